The first-order chi connectivity index (χ1) is 14.2. The van der Waals surface area contributed by atoms with Crippen molar-refractivity contribution >= 4 is 23.3 Å². The number of hydrogen-bond donors (Lipinski definition) is 0. The van der Waals surface area contributed by atoms with Gasteiger partial charge in [-0.2, -0.15) is 0 Å². The van der Waals surface area contributed by atoms with Crippen molar-refractivity contribution in [3.05, 3.63) is 46.2 Å². The first-order valence-electron chi connectivity index (χ1n) is 9.77. The molecule has 0 atom stereocenters. The Morgan fingerprint density at radius 2 is 1.73 bits per heavy atom. The minimum absolute atomic E-state index is 0.0184. The van der Waals surface area contributed by atoms with E-state index in [1.165, 1.54) is 23.5 Å². The van der Waals surface area contributed by atoms with Gasteiger partial charge in [0.15, 0.2) is 0 Å². The molecule has 0 N–H and O–H groups in total. The van der Waals surface area contributed by atoms with Crippen molar-refractivity contribution in [2.75, 3.05) is 26.2 Å². The number of carbonyl (C=O) groups excluding carboxylic acids is 2. The van der Waals surface area contributed by atoms with Crippen LogP contribution < -0.4 is 4.74 Å². The second kappa shape index (κ2) is 9.42. The summed E-state index contributed by atoms with van der Waals surface area (Å²) in [5.74, 6) is 0.228. The Bertz CT molecular complexity index is 871. The number of halogens is 1. The molecule has 162 valence electrons. The van der Waals surface area contributed by atoms with E-state index in [2.05, 4.69) is 4.98 Å². The Morgan fingerprint density at radius 1 is 1.10 bits per heavy atom. The molecule has 0 bridgehead atoms. The second-order valence-corrected chi connectivity index (χ2v) is 8.94. The molecule has 1 aromatic carbocycles. The number of aromatic nitrogens is 1. The summed E-state index contributed by atoms with van der Waals surface area (Å²) >= 11 is 1.42. The van der Waals surface area contributed by atoms with E-state index >= 15 is 0 Å². The average molecular weight is 436 g/mol. The van der Waals surface area contributed by atoms with E-state index in [4.69, 9.17) is 9.47 Å². The lowest BCUT2D eigenvalue weighted by Gasteiger charge is -2.35. The molecule has 0 aliphatic carbocycles. The molecule has 2 amide bonds. The number of thiazole rings is 1. The van der Waals surface area contributed by atoms with Crippen LogP contribution in [-0.4, -0.2) is 58.6 Å². The van der Waals surface area contributed by atoms with Crippen molar-refractivity contribution in [3.63, 3.8) is 0 Å². The highest BCUT2D eigenvalue weighted by Gasteiger charge is 2.27. The number of amides is 2. The van der Waals surface area contributed by atoms with Crippen LogP contribution in [0.1, 0.15) is 31.5 Å². The standard InChI is InChI=1S/C21H26FN3O4S/c1-21(2,3)29-20(27)25-10-8-24(9-11-25)19(26)12-16-14-30-18(23-16)13-28-17-6-4-15(22)5-7-17/h4-7,14H,8-13H2,1-3H3. The van der Waals surface area contributed by atoms with Gasteiger partial charge in [0.1, 0.15) is 28.8 Å². The lowest BCUT2D eigenvalue weighted by molar-refractivity contribution is -0.132. The Kier molecular flexibility index (Phi) is 6.91. The number of nitrogens with zero attached hydrogens (tertiary/aromatic N) is 3. The van der Waals surface area contributed by atoms with E-state index in [1.54, 1.807) is 21.9 Å². The van der Waals surface area contributed by atoms with Crippen LogP contribution in [-0.2, 0) is 22.6 Å². The zero-order valence-corrected chi connectivity index (χ0v) is 18.2. The minimum atomic E-state index is -0.535. The molecule has 0 unspecified atom stereocenters. The summed E-state index contributed by atoms with van der Waals surface area (Å²) in [6.07, 6.45) is -0.139. The van der Waals surface area contributed by atoms with Crippen LogP contribution in [0.25, 0.3) is 0 Å². The maximum absolute atomic E-state index is 12.9. The van der Waals surface area contributed by atoms with Gasteiger partial charge >= 0.3 is 6.09 Å². The van der Waals surface area contributed by atoms with E-state index in [1.807, 2.05) is 26.2 Å². The third-order valence-electron chi connectivity index (χ3n) is 4.39. The van der Waals surface area contributed by atoms with Gasteiger partial charge in [0, 0.05) is 31.6 Å². The lowest BCUT2D eigenvalue weighted by atomic mass is 10.2. The van der Waals surface area contributed by atoms with E-state index in [-0.39, 0.29) is 30.8 Å². The number of hydrogen-bond acceptors (Lipinski definition) is 6. The van der Waals surface area contributed by atoms with E-state index in [9.17, 15) is 14.0 Å². The molecule has 1 saturated heterocycles. The quantitative estimate of drug-likeness (QED) is 0.719. The average Bonchev–Trinajstić information content (AvgIpc) is 3.13. The molecule has 0 spiro atoms. The molecule has 2 aromatic rings. The van der Waals surface area contributed by atoms with E-state index in [0.29, 0.717) is 37.6 Å². The summed E-state index contributed by atoms with van der Waals surface area (Å²) in [4.78, 5) is 32.5. The Hall–Kier alpha value is -2.68. The molecular weight excluding hydrogens is 409 g/mol. The summed E-state index contributed by atoms with van der Waals surface area (Å²) in [5.41, 5.74) is 0.157. The van der Waals surface area contributed by atoms with Gasteiger partial charge in [-0.05, 0) is 45.0 Å². The number of benzene rings is 1. The van der Waals surface area contributed by atoms with Crippen molar-refractivity contribution in [1.82, 2.24) is 14.8 Å². The largest absolute Gasteiger partial charge is 0.486 e. The van der Waals surface area contributed by atoms with Crippen LogP contribution in [0, 0.1) is 5.82 Å². The first-order valence-corrected chi connectivity index (χ1v) is 10.6. The molecule has 1 aromatic heterocycles. The third kappa shape index (κ3) is 6.41. The predicted molar refractivity (Wildman–Crippen MR) is 111 cm³/mol. The Balaban J connectivity index is 1.44. The maximum atomic E-state index is 12.9. The van der Waals surface area contributed by atoms with Crippen LogP contribution in [0.3, 0.4) is 0 Å². The zero-order chi connectivity index (χ0) is 21.7. The Morgan fingerprint density at radius 3 is 2.37 bits per heavy atom. The topological polar surface area (TPSA) is 72.0 Å². The molecule has 7 nitrogen and oxygen atoms in total. The highest BCUT2D eigenvalue weighted by Crippen LogP contribution is 2.17. The highest BCUT2D eigenvalue weighted by molar-refractivity contribution is 7.09. The van der Waals surface area contributed by atoms with E-state index < -0.39 is 5.60 Å². The summed E-state index contributed by atoms with van der Waals surface area (Å²) < 4.78 is 23.9. The van der Waals surface area contributed by atoms with Gasteiger partial charge in [-0.15, -0.1) is 11.3 Å². The molecule has 0 saturated carbocycles. The van der Waals surface area contributed by atoms with E-state index in [0.717, 1.165) is 5.01 Å². The number of ether oxygens (including phenoxy) is 2. The fraction of sp³-hybridized carbons (Fsp3) is 0.476. The van der Waals surface area contributed by atoms with Crippen LogP contribution in [0.5, 0.6) is 5.75 Å². The first kappa shape index (κ1) is 22.0. The smallest absolute Gasteiger partial charge is 0.410 e. The second-order valence-electron chi connectivity index (χ2n) is 8.00. The maximum Gasteiger partial charge on any atom is 0.410 e. The van der Waals surface area contributed by atoms with Gasteiger partial charge in [-0.25, -0.2) is 14.2 Å². The van der Waals surface area contributed by atoms with Gasteiger partial charge in [-0.3, -0.25) is 4.79 Å². The SMILES string of the molecule is CC(C)(C)OC(=O)N1CCN(C(=O)Cc2csc(COc3ccc(F)cc3)n2)CC1. The fourth-order valence-electron chi connectivity index (χ4n) is 2.90. The van der Waals surface area contributed by atoms with Crippen molar-refractivity contribution in [2.45, 2.75) is 39.4 Å². The monoisotopic (exact) mass is 435 g/mol. The molecule has 30 heavy (non-hydrogen) atoms. The molecule has 1 fully saturated rings. The normalized spacial score (nSPS) is 14.5. The molecular formula is C21H26FN3O4S. The predicted octanol–water partition coefficient (Wildman–Crippen LogP) is 3.48. The van der Waals surface area contributed by atoms with Crippen LogP contribution in [0.2, 0.25) is 0 Å². The summed E-state index contributed by atoms with van der Waals surface area (Å²) in [6.45, 7) is 7.61. The van der Waals surface area contributed by atoms with Crippen molar-refractivity contribution in [2.24, 2.45) is 0 Å². The fourth-order valence-corrected chi connectivity index (χ4v) is 3.61. The minimum Gasteiger partial charge on any atom is -0.486 e. The Labute approximate surface area is 179 Å². The lowest BCUT2D eigenvalue weighted by Crippen LogP contribution is -2.52. The number of piperazine rings is 1. The number of carbonyl (C=O) groups is 2. The third-order valence-corrected chi connectivity index (χ3v) is 5.26. The molecule has 2 heterocycles. The molecule has 1 aliphatic heterocycles. The zero-order valence-electron chi connectivity index (χ0n) is 17.4. The van der Waals surface area contributed by atoms with Crippen LogP contribution >= 0.6 is 11.3 Å². The van der Waals surface area contributed by atoms with Gasteiger partial charge in [0.2, 0.25) is 5.91 Å². The van der Waals surface area contributed by atoms with Gasteiger partial charge in [-0.1, -0.05) is 0 Å². The van der Waals surface area contributed by atoms with Crippen LogP contribution in [0.4, 0.5) is 9.18 Å². The van der Waals surface area contributed by atoms with Gasteiger partial charge in [0.05, 0.1) is 12.1 Å². The number of rotatable bonds is 5. The summed E-state index contributed by atoms with van der Waals surface area (Å²) in [7, 11) is 0. The summed E-state index contributed by atoms with van der Waals surface area (Å²) in [6, 6.07) is 5.79. The van der Waals surface area contributed by atoms with Crippen molar-refractivity contribution in [1.29, 1.82) is 0 Å². The van der Waals surface area contributed by atoms with Crippen molar-refractivity contribution in [3.8, 4) is 5.75 Å². The molecule has 0 radical (unpaired) electrons. The van der Waals surface area contributed by atoms with Crippen LogP contribution in [0.15, 0.2) is 29.6 Å². The molecule has 3 rings (SSSR count). The highest BCUT2D eigenvalue weighted by atomic mass is 32.1. The molecule has 9 heteroatoms. The van der Waals surface area contributed by atoms with Gasteiger partial charge in [0.25, 0.3) is 0 Å². The van der Waals surface area contributed by atoms with Crippen molar-refractivity contribution < 1.29 is 23.5 Å². The van der Waals surface area contributed by atoms with Gasteiger partial charge < -0.3 is 19.3 Å². The summed E-state index contributed by atoms with van der Waals surface area (Å²) in [5, 5.41) is 2.59. The molecule has 1 aliphatic rings.